The Morgan fingerprint density at radius 1 is 1.27 bits per heavy atom. The normalized spacial score (nSPS) is 12.3. The Balaban J connectivity index is 3.30. The molecule has 0 saturated heterocycles. The Morgan fingerprint density at radius 3 is 2.07 bits per heavy atom. The third-order valence-corrected chi connectivity index (χ3v) is 2.26. The third-order valence-electron chi connectivity index (χ3n) is 2.26. The second-order valence-corrected chi connectivity index (χ2v) is 3.37. The van der Waals surface area contributed by atoms with Crippen LogP contribution in [-0.2, 0) is 0 Å². The number of aliphatic hydroxyl groups excluding tert-OH is 1. The number of ether oxygens (including phenoxy) is 2. The summed E-state index contributed by atoms with van der Waals surface area (Å²) >= 11 is 0. The van der Waals surface area contributed by atoms with Gasteiger partial charge >= 0.3 is 0 Å². The highest BCUT2D eigenvalue weighted by atomic mass is 16.5. The lowest BCUT2D eigenvalue weighted by molar-refractivity contribution is 0.260. The number of benzene rings is 1. The Bertz CT molecular complexity index is 314. The van der Waals surface area contributed by atoms with E-state index < -0.39 is 6.04 Å². The molecular formula is C11H17NO3. The lowest BCUT2D eigenvalue weighted by atomic mass is 10.0. The van der Waals surface area contributed by atoms with E-state index in [2.05, 4.69) is 0 Å². The molecular weight excluding hydrogens is 194 g/mol. The van der Waals surface area contributed by atoms with E-state index in [1.54, 1.807) is 14.2 Å². The van der Waals surface area contributed by atoms with E-state index in [9.17, 15) is 0 Å². The quantitative estimate of drug-likeness (QED) is 0.780. The number of hydrogen-bond donors (Lipinski definition) is 2. The smallest absolute Gasteiger partial charge is 0.127 e. The van der Waals surface area contributed by atoms with Gasteiger partial charge in [-0.2, -0.15) is 0 Å². The van der Waals surface area contributed by atoms with Gasteiger partial charge in [-0.3, -0.25) is 0 Å². The molecule has 3 N–H and O–H groups in total. The molecule has 0 fully saturated rings. The zero-order valence-electron chi connectivity index (χ0n) is 9.28. The van der Waals surface area contributed by atoms with Crippen LogP contribution in [0.4, 0.5) is 0 Å². The molecule has 0 radical (unpaired) electrons. The van der Waals surface area contributed by atoms with Crippen molar-refractivity contribution in [3.05, 3.63) is 23.3 Å². The molecule has 0 amide bonds. The molecule has 1 aromatic carbocycles. The fraction of sp³-hybridized carbons (Fsp3) is 0.455. The topological polar surface area (TPSA) is 64.7 Å². The maximum atomic E-state index is 9.06. The van der Waals surface area contributed by atoms with Crippen LogP contribution in [0.5, 0.6) is 11.5 Å². The first-order valence-corrected chi connectivity index (χ1v) is 4.73. The van der Waals surface area contributed by atoms with Crippen LogP contribution in [0.1, 0.15) is 17.2 Å². The fourth-order valence-electron chi connectivity index (χ4n) is 1.53. The number of methoxy groups -OCH3 is 2. The van der Waals surface area contributed by atoms with Crippen molar-refractivity contribution >= 4 is 0 Å². The first-order valence-electron chi connectivity index (χ1n) is 4.73. The van der Waals surface area contributed by atoms with Crippen molar-refractivity contribution in [2.24, 2.45) is 5.73 Å². The minimum atomic E-state index is -0.490. The summed E-state index contributed by atoms with van der Waals surface area (Å²) in [6, 6.07) is 3.25. The molecule has 0 aliphatic rings. The van der Waals surface area contributed by atoms with Gasteiger partial charge in [-0.1, -0.05) is 0 Å². The largest absolute Gasteiger partial charge is 0.496 e. The molecule has 0 aromatic heterocycles. The van der Waals surface area contributed by atoms with Gasteiger partial charge in [0.15, 0.2) is 0 Å². The Morgan fingerprint density at radius 2 is 1.73 bits per heavy atom. The highest BCUT2D eigenvalue weighted by molar-refractivity contribution is 5.49. The Hall–Kier alpha value is -1.26. The van der Waals surface area contributed by atoms with Gasteiger partial charge in [0, 0.05) is 0 Å². The molecule has 0 aliphatic heterocycles. The summed E-state index contributed by atoms with van der Waals surface area (Å²) in [7, 11) is 3.14. The molecule has 4 heteroatoms. The van der Waals surface area contributed by atoms with Crippen molar-refractivity contribution in [1.82, 2.24) is 0 Å². The van der Waals surface area contributed by atoms with Crippen molar-refractivity contribution in [1.29, 1.82) is 0 Å². The minimum absolute atomic E-state index is 0.143. The predicted molar refractivity (Wildman–Crippen MR) is 58.3 cm³/mol. The van der Waals surface area contributed by atoms with Gasteiger partial charge in [0.1, 0.15) is 11.5 Å². The van der Waals surface area contributed by atoms with Crippen LogP contribution in [0.15, 0.2) is 12.1 Å². The maximum absolute atomic E-state index is 9.06. The van der Waals surface area contributed by atoms with E-state index in [4.69, 9.17) is 20.3 Å². The standard InChI is InChI=1S/C11H17NO3/c1-7-4-9(14-2)11(8(12)6-13)10(5-7)15-3/h4-5,8,13H,6,12H2,1-3H3/t8-/m0/s1. The molecule has 0 bridgehead atoms. The molecule has 0 heterocycles. The molecule has 0 aliphatic carbocycles. The Kier molecular flexibility index (Phi) is 3.94. The Labute approximate surface area is 89.6 Å². The van der Waals surface area contributed by atoms with E-state index in [1.165, 1.54) is 0 Å². The average molecular weight is 211 g/mol. The minimum Gasteiger partial charge on any atom is -0.496 e. The van der Waals surface area contributed by atoms with Crippen molar-refractivity contribution in [3.63, 3.8) is 0 Å². The van der Waals surface area contributed by atoms with Crippen LogP contribution in [0.3, 0.4) is 0 Å². The van der Waals surface area contributed by atoms with Crippen LogP contribution in [0.2, 0.25) is 0 Å². The molecule has 84 valence electrons. The van der Waals surface area contributed by atoms with Crippen molar-refractivity contribution < 1.29 is 14.6 Å². The fourth-order valence-corrected chi connectivity index (χ4v) is 1.53. The average Bonchev–Trinajstić information content (AvgIpc) is 2.26. The first kappa shape index (κ1) is 11.8. The van der Waals surface area contributed by atoms with Crippen molar-refractivity contribution in [3.8, 4) is 11.5 Å². The van der Waals surface area contributed by atoms with Gasteiger partial charge in [-0.05, 0) is 24.6 Å². The van der Waals surface area contributed by atoms with Crippen LogP contribution in [0.25, 0.3) is 0 Å². The highest BCUT2D eigenvalue weighted by Gasteiger charge is 2.17. The monoisotopic (exact) mass is 211 g/mol. The van der Waals surface area contributed by atoms with Gasteiger partial charge in [0.05, 0.1) is 32.4 Å². The van der Waals surface area contributed by atoms with Gasteiger partial charge in [0.25, 0.3) is 0 Å². The van der Waals surface area contributed by atoms with E-state index in [0.717, 1.165) is 5.56 Å². The molecule has 4 nitrogen and oxygen atoms in total. The highest BCUT2D eigenvalue weighted by Crippen LogP contribution is 2.34. The molecule has 15 heavy (non-hydrogen) atoms. The summed E-state index contributed by atoms with van der Waals surface area (Å²) in [5.41, 5.74) is 7.51. The van der Waals surface area contributed by atoms with Crippen LogP contribution < -0.4 is 15.2 Å². The summed E-state index contributed by atoms with van der Waals surface area (Å²) < 4.78 is 10.4. The molecule has 1 atom stereocenters. The summed E-state index contributed by atoms with van der Waals surface area (Å²) in [5, 5.41) is 9.06. The molecule has 0 unspecified atom stereocenters. The number of rotatable bonds is 4. The molecule has 1 rings (SSSR count). The van der Waals surface area contributed by atoms with E-state index in [1.807, 2.05) is 19.1 Å². The van der Waals surface area contributed by atoms with Crippen LogP contribution in [0, 0.1) is 6.92 Å². The number of aliphatic hydroxyl groups is 1. The molecule has 0 saturated carbocycles. The summed E-state index contributed by atoms with van der Waals surface area (Å²) in [6.45, 7) is 1.80. The molecule has 1 aromatic rings. The number of nitrogens with two attached hydrogens (primary N) is 1. The summed E-state index contributed by atoms with van der Waals surface area (Å²) in [4.78, 5) is 0. The zero-order valence-corrected chi connectivity index (χ0v) is 9.28. The second kappa shape index (κ2) is 5.00. The SMILES string of the molecule is COc1cc(C)cc(OC)c1[C@@H](N)CO. The third kappa shape index (κ3) is 2.40. The molecule has 0 spiro atoms. The van der Waals surface area contributed by atoms with Crippen LogP contribution in [-0.4, -0.2) is 25.9 Å². The van der Waals surface area contributed by atoms with Gasteiger partial charge < -0.3 is 20.3 Å². The van der Waals surface area contributed by atoms with Crippen LogP contribution >= 0.6 is 0 Å². The van der Waals surface area contributed by atoms with Gasteiger partial charge in [0.2, 0.25) is 0 Å². The number of aryl methyl sites for hydroxylation is 1. The predicted octanol–water partition coefficient (Wildman–Crippen LogP) is 1.00. The maximum Gasteiger partial charge on any atom is 0.127 e. The summed E-state index contributed by atoms with van der Waals surface area (Å²) in [6.07, 6.45) is 0. The van der Waals surface area contributed by atoms with Gasteiger partial charge in [-0.25, -0.2) is 0 Å². The van der Waals surface area contributed by atoms with E-state index in [-0.39, 0.29) is 6.61 Å². The second-order valence-electron chi connectivity index (χ2n) is 3.37. The van der Waals surface area contributed by atoms with E-state index in [0.29, 0.717) is 17.1 Å². The zero-order chi connectivity index (χ0) is 11.4. The van der Waals surface area contributed by atoms with E-state index >= 15 is 0 Å². The van der Waals surface area contributed by atoms with Gasteiger partial charge in [-0.15, -0.1) is 0 Å². The van der Waals surface area contributed by atoms with Crippen molar-refractivity contribution in [2.45, 2.75) is 13.0 Å². The van der Waals surface area contributed by atoms with Crippen molar-refractivity contribution in [2.75, 3.05) is 20.8 Å². The summed E-state index contributed by atoms with van der Waals surface area (Å²) in [5.74, 6) is 1.29. The first-order chi connectivity index (χ1) is 7.13. The number of hydrogen-bond acceptors (Lipinski definition) is 4. The lowest BCUT2D eigenvalue weighted by Gasteiger charge is -2.18. The lowest BCUT2D eigenvalue weighted by Crippen LogP contribution is -2.16.